The molecule has 2 aromatic carbocycles. The van der Waals surface area contributed by atoms with Crippen LogP contribution in [-0.4, -0.2) is 15.0 Å². The van der Waals surface area contributed by atoms with Crippen LogP contribution >= 0.6 is 0 Å². The van der Waals surface area contributed by atoms with E-state index in [4.69, 9.17) is 5.26 Å². The number of hydrogen-bond acceptors (Lipinski definition) is 5. The number of nitriles is 1. The average molecular weight is 337 g/mol. The molecule has 0 unspecified atom stereocenters. The van der Waals surface area contributed by atoms with Gasteiger partial charge in [-0.1, -0.05) is 18.2 Å². The van der Waals surface area contributed by atoms with Crippen molar-refractivity contribution in [2.75, 3.05) is 5.32 Å². The van der Waals surface area contributed by atoms with E-state index in [0.29, 0.717) is 12.4 Å². The van der Waals surface area contributed by atoms with E-state index in [1.165, 1.54) is 0 Å². The lowest BCUT2D eigenvalue weighted by molar-refractivity contribution is 1.21. The zero-order chi connectivity index (χ0) is 17.8. The summed E-state index contributed by atoms with van der Waals surface area (Å²) in [5.74, 6) is 0.544. The number of hydrogen-bond donors (Lipinski definition) is 1. The standard InChI is InChI=1S/C21H15N5/c22-10-7-15-1-4-19(5-2-15)25-21-24-14-18-13-17(3-6-20(18)26-21)16-8-11-23-12-9-16/h1-6,8-9,11-14H,7H2,(H,24,25,26). The third-order valence-corrected chi connectivity index (χ3v) is 4.09. The van der Waals surface area contributed by atoms with Crippen LogP contribution in [0.5, 0.6) is 0 Å². The van der Waals surface area contributed by atoms with Crippen LogP contribution in [0.15, 0.2) is 73.2 Å². The molecule has 0 spiro atoms. The largest absolute Gasteiger partial charge is 0.324 e. The molecule has 0 aliphatic heterocycles. The van der Waals surface area contributed by atoms with Crippen molar-refractivity contribution in [2.45, 2.75) is 6.42 Å². The van der Waals surface area contributed by atoms with E-state index < -0.39 is 0 Å². The predicted molar refractivity (Wildman–Crippen MR) is 102 cm³/mol. The molecule has 0 atom stereocenters. The monoisotopic (exact) mass is 337 g/mol. The number of rotatable bonds is 4. The van der Waals surface area contributed by atoms with Crippen molar-refractivity contribution in [1.82, 2.24) is 15.0 Å². The van der Waals surface area contributed by atoms with E-state index in [0.717, 1.165) is 33.3 Å². The van der Waals surface area contributed by atoms with Crippen molar-refractivity contribution >= 4 is 22.5 Å². The predicted octanol–water partition coefficient (Wildman–Crippen LogP) is 4.50. The second kappa shape index (κ2) is 6.99. The van der Waals surface area contributed by atoms with Crippen molar-refractivity contribution in [2.24, 2.45) is 0 Å². The summed E-state index contributed by atoms with van der Waals surface area (Å²) in [6, 6.07) is 19.9. The van der Waals surface area contributed by atoms with Crippen LogP contribution in [0, 0.1) is 11.3 Å². The van der Waals surface area contributed by atoms with Crippen LogP contribution in [0.1, 0.15) is 5.56 Å². The third kappa shape index (κ3) is 3.35. The number of nitrogens with one attached hydrogen (secondary N) is 1. The molecule has 0 radical (unpaired) electrons. The first-order valence-electron chi connectivity index (χ1n) is 8.22. The lowest BCUT2D eigenvalue weighted by Gasteiger charge is -2.07. The van der Waals surface area contributed by atoms with Crippen LogP contribution in [0.3, 0.4) is 0 Å². The highest BCUT2D eigenvalue weighted by molar-refractivity contribution is 5.84. The molecule has 5 nitrogen and oxygen atoms in total. The SMILES string of the molecule is N#CCc1ccc(Nc2ncc3cc(-c4ccncc4)ccc3n2)cc1. The number of nitrogens with zero attached hydrogens (tertiary/aromatic N) is 4. The van der Waals surface area contributed by atoms with Gasteiger partial charge in [-0.25, -0.2) is 9.97 Å². The minimum atomic E-state index is 0.409. The number of fused-ring (bicyclic) bond motifs is 1. The summed E-state index contributed by atoms with van der Waals surface area (Å²) in [5, 5.41) is 12.9. The molecule has 124 valence electrons. The smallest absolute Gasteiger partial charge is 0.227 e. The Balaban J connectivity index is 1.59. The van der Waals surface area contributed by atoms with E-state index >= 15 is 0 Å². The van der Waals surface area contributed by atoms with E-state index in [9.17, 15) is 0 Å². The van der Waals surface area contributed by atoms with Crippen LogP contribution in [0.4, 0.5) is 11.6 Å². The van der Waals surface area contributed by atoms with Crippen LogP contribution in [0.2, 0.25) is 0 Å². The molecule has 5 heteroatoms. The maximum absolute atomic E-state index is 8.73. The van der Waals surface area contributed by atoms with Gasteiger partial charge in [-0.2, -0.15) is 5.26 Å². The highest BCUT2D eigenvalue weighted by Crippen LogP contribution is 2.24. The Morgan fingerprint density at radius 1 is 0.923 bits per heavy atom. The molecule has 0 aliphatic rings. The highest BCUT2D eigenvalue weighted by atomic mass is 15.1. The molecule has 0 aliphatic carbocycles. The number of aromatic nitrogens is 3. The lowest BCUT2D eigenvalue weighted by Crippen LogP contribution is -1.97. The fourth-order valence-electron chi connectivity index (χ4n) is 2.74. The minimum absolute atomic E-state index is 0.409. The van der Waals surface area contributed by atoms with Gasteiger partial charge in [0.1, 0.15) is 0 Å². The van der Waals surface area contributed by atoms with E-state index in [2.05, 4.69) is 32.4 Å². The van der Waals surface area contributed by atoms with Gasteiger partial charge in [-0.3, -0.25) is 4.98 Å². The van der Waals surface area contributed by atoms with Gasteiger partial charge in [0.25, 0.3) is 0 Å². The topological polar surface area (TPSA) is 74.5 Å². The van der Waals surface area contributed by atoms with Crippen molar-refractivity contribution in [3.05, 3.63) is 78.8 Å². The zero-order valence-electron chi connectivity index (χ0n) is 13.9. The molecule has 0 saturated carbocycles. The van der Waals surface area contributed by atoms with Crippen molar-refractivity contribution in [1.29, 1.82) is 5.26 Å². The maximum atomic E-state index is 8.73. The summed E-state index contributed by atoms with van der Waals surface area (Å²) < 4.78 is 0. The third-order valence-electron chi connectivity index (χ3n) is 4.09. The molecular weight excluding hydrogens is 322 g/mol. The molecule has 1 N–H and O–H groups in total. The Morgan fingerprint density at radius 3 is 2.50 bits per heavy atom. The van der Waals surface area contributed by atoms with E-state index in [-0.39, 0.29) is 0 Å². The first-order valence-corrected chi connectivity index (χ1v) is 8.22. The molecule has 4 rings (SSSR count). The Kier molecular flexibility index (Phi) is 4.23. The summed E-state index contributed by atoms with van der Waals surface area (Å²) in [6.45, 7) is 0. The Bertz CT molecular complexity index is 1080. The molecule has 4 aromatic rings. The Labute approximate surface area is 151 Å². The van der Waals surface area contributed by atoms with Crippen molar-refractivity contribution in [3.8, 4) is 17.2 Å². The number of benzene rings is 2. The Morgan fingerprint density at radius 2 is 1.73 bits per heavy atom. The summed E-state index contributed by atoms with van der Waals surface area (Å²) in [6.07, 6.45) is 5.79. The first kappa shape index (κ1) is 15.7. The average Bonchev–Trinajstić information content (AvgIpc) is 2.70. The summed E-state index contributed by atoms with van der Waals surface area (Å²) in [7, 11) is 0. The number of pyridine rings is 1. The molecule has 2 aromatic heterocycles. The quantitative estimate of drug-likeness (QED) is 0.593. The molecular formula is C21H15N5. The highest BCUT2D eigenvalue weighted by Gasteiger charge is 2.04. The fourth-order valence-corrected chi connectivity index (χ4v) is 2.74. The zero-order valence-corrected chi connectivity index (χ0v) is 13.9. The van der Waals surface area contributed by atoms with Gasteiger partial charge >= 0.3 is 0 Å². The minimum Gasteiger partial charge on any atom is -0.324 e. The van der Waals surface area contributed by atoms with Crippen LogP contribution in [-0.2, 0) is 6.42 Å². The van der Waals surface area contributed by atoms with Gasteiger partial charge in [-0.15, -0.1) is 0 Å². The molecule has 0 saturated heterocycles. The summed E-state index contributed by atoms with van der Waals surface area (Å²) >= 11 is 0. The maximum Gasteiger partial charge on any atom is 0.227 e. The lowest BCUT2D eigenvalue weighted by atomic mass is 10.1. The molecule has 0 fully saturated rings. The second-order valence-electron chi connectivity index (χ2n) is 5.86. The second-order valence-corrected chi connectivity index (χ2v) is 5.86. The van der Waals surface area contributed by atoms with E-state index in [1.807, 2.05) is 54.7 Å². The summed E-state index contributed by atoms with van der Waals surface area (Å²) in [5.41, 5.74) is 4.97. The van der Waals surface area contributed by atoms with Gasteiger partial charge in [0.05, 0.1) is 18.0 Å². The van der Waals surface area contributed by atoms with Crippen LogP contribution in [0.25, 0.3) is 22.0 Å². The van der Waals surface area contributed by atoms with Crippen molar-refractivity contribution in [3.63, 3.8) is 0 Å². The van der Waals surface area contributed by atoms with Gasteiger partial charge < -0.3 is 5.32 Å². The van der Waals surface area contributed by atoms with Gasteiger partial charge in [0.2, 0.25) is 5.95 Å². The first-order chi connectivity index (χ1) is 12.8. The molecule has 26 heavy (non-hydrogen) atoms. The molecule has 0 amide bonds. The van der Waals surface area contributed by atoms with Crippen LogP contribution < -0.4 is 5.32 Å². The molecule has 2 heterocycles. The number of anilines is 2. The summed E-state index contributed by atoms with van der Waals surface area (Å²) in [4.78, 5) is 13.0. The van der Waals surface area contributed by atoms with Gasteiger partial charge in [0, 0.05) is 29.7 Å². The molecule has 0 bridgehead atoms. The fraction of sp³-hybridized carbons (Fsp3) is 0.0476. The van der Waals surface area contributed by atoms with Gasteiger partial charge in [-0.05, 0) is 53.1 Å². The van der Waals surface area contributed by atoms with Gasteiger partial charge in [0.15, 0.2) is 0 Å². The van der Waals surface area contributed by atoms with Crippen molar-refractivity contribution < 1.29 is 0 Å². The Hall–Kier alpha value is -3.78. The van der Waals surface area contributed by atoms with E-state index in [1.54, 1.807) is 12.4 Å². The normalized spacial score (nSPS) is 10.4.